The number of anilines is 1. The summed E-state index contributed by atoms with van der Waals surface area (Å²) in [5, 5.41) is 0.730. The van der Waals surface area contributed by atoms with Crippen molar-refractivity contribution in [1.82, 2.24) is 0 Å². The molecule has 0 bridgehead atoms. The minimum atomic E-state index is 0.0647. The highest BCUT2D eigenvalue weighted by Crippen LogP contribution is 2.28. The van der Waals surface area contributed by atoms with E-state index in [1.165, 1.54) is 0 Å². The van der Waals surface area contributed by atoms with E-state index in [2.05, 4.69) is 15.9 Å². The number of hydrogen-bond donors (Lipinski definition) is 0. The number of hydrogen-bond acceptors (Lipinski definition) is 1. The average molecular weight is 365 g/mol. The monoisotopic (exact) mass is 363 g/mol. The SMILES string of the molecule is O=C1C(Cc2ccc(Cl)cc2)CCN1c1ccc(Br)cc1. The summed E-state index contributed by atoms with van der Waals surface area (Å²) in [5.41, 5.74) is 2.14. The van der Waals surface area contributed by atoms with Crippen molar-refractivity contribution in [2.45, 2.75) is 12.8 Å². The molecule has 0 aromatic heterocycles. The number of carbonyl (C=O) groups is 1. The molecule has 0 N–H and O–H groups in total. The van der Waals surface area contributed by atoms with Crippen molar-refractivity contribution in [2.75, 3.05) is 11.4 Å². The summed E-state index contributed by atoms with van der Waals surface area (Å²) in [6.07, 6.45) is 1.68. The van der Waals surface area contributed by atoms with Gasteiger partial charge >= 0.3 is 0 Å². The third-order valence-corrected chi connectivity index (χ3v) is 4.63. The van der Waals surface area contributed by atoms with Crippen molar-refractivity contribution < 1.29 is 4.79 Å². The molecule has 1 aliphatic heterocycles. The summed E-state index contributed by atoms with van der Waals surface area (Å²) in [4.78, 5) is 14.4. The zero-order valence-corrected chi connectivity index (χ0v) is 13.8. The van der Waals surface area contributed by atoms with Crippen molar-refractivity contribution in [3.05, 3.63) is 63.6 Å². The summed E-state index contributed by atoms with van der Waals surface area (Å²) >= 11 is 9.31. The Morgan fingerprint density at radius 3 is 2.43 bits per heavy atom. The number of benzene rings is 2. The summed E-state index contributed by atoms with van der Waals surface area (Å²) in [7, 11) is 0. The molecule has 1 aliphatic rings. The van der Waals surface area contributed by atoms with Crippen LogP contribution >= 0.6 is 27.5 Å². The number of nitrogens with zero attached hydrogens (tertiary/aromatic N) is 1. The Morgan fingerprint density at radius 1 is 1.10 bits per heavy atom. The van der Waals surface area contributed by atoms with E-state index in [1.54, 1.807) is 0 Å². The van der Waals surface area contributed by atoms with Crippen molar-refractivity contribution in [3.8, 4) is 0 Å². The van der Waals surface area contributed by atoms with E-state index in [0.717, 1.165) is 40.1 Å². The maximum Gasteiger partial charge on any atom is 0.230 e. The Morgan fingerprint density at radius 2 is 1.76 bits per heavy atom. The number of carbonyl (C=O) groups excluding carboxylic acids is 1. The van der Waals surface area contributed by atoms with Gasteiger partial charge in [-0.3, -0.25) is 4.79 Å². The van der Waals surface area contributed by atoms with Crippen LogP contribution in [0.1, 0.15) is 12.0 Å². The minimum absolute atomic E-state index is 0.0647. The van der Waals surface area contributed by atoms with Gasteiger partial charge in [-0.05, 0) is 54.8 Å². The molecular formula is C17H15BrClNO. The van der Waals surface area contributed by atoms with Crippen LogP contribution in [0.15, 0.2) is 53.0 Å². The zero-order chi connectivity index (χ0) is 14.8. The van der Waals surface area contributed by atoms with Crippen LogP contribution in [0.5, 0.6) is 0 Å². The molecule has 1 atom stereocenters. The first-order valence-electron chi connectivity index (χ1n) is 6.95. The smallest absolute Gasteiger partial charge is 0.230 e. The molecule has 108 valence electrons. The fourth-order valence-electron chi connectivity index (χ4n) is 2.71. The molecule has 0 aliphatic carbocycles. The van der Waals surface area contributed by atoms with Crippen LogP contribution in [-0.4, -0.2) is 12.5 Å². The average Bonchev–Trinajstić information content (AvgIpc) is 2.84. The van der Waals surface area contributed by atoms with Crippen LogP contribution in [0.25, 0.3) is 0 Å². The molecule has 0 radical (unpaired) electrons. The molecule has 4 heteroatoms. The molecule has 3 rings (SSSR count). The van der Waals surface area contributed by atoms with Crippen LogP contribution in [0.3, 0.4) is 0 Å². The van der Waals surface area contributed by atoms with Crippen LogP contribution in [0, 0.1) is 5.92 Å². The highest BCUT2D eigenvalue weighted by Gasteiger charge is 2.32. The Hall–Kier alpha value is -1.32. The first kappa shape index (κ1) is 14.6. The molecule has 0 saturated carbocycles. The molecule has 2 aromatic carbocycles. The Kier molecular flexibility index (Phi) is 4.32. The van der Waals surface area contributed by atoms with E-state index in [-0.39, 0.29) is 11.8 Å². The molecule has 1 amide bonds. The van der Waals surface area contributed by atoms with Crippen LogP contribution in [0.2, 0.25) is 5.02 Å². The third-order valence-electron chi connectivity index (χ3n) is 3.85. The predicted octanol–water partition coefficient (Wildman–Crippen LogP) is 4.70. The first-order valence-corrected chi connectivity index (χ1v) is 8.12. The first-order chi connectivity index (χ1) is 10.1. The zero-order valence-electron chi connectivity index (χ0n) is 11.4. The second-order valence-corrected chi connectivity index (χ2v) is 6.63. The topological polar surface area (TPSA) is 20.3 Å². The van der Waals surface area contributed by atoms with Gasteiger partial charge in [0.15, 0.2) is 0 Å². The van der Waals surface area contributed by atoms with Crippen LogP contribution in [0.4, 0.5) is 5.69 Å². The fourth-order valence-corrected chi connectivity index (χ4v) is 3.10. The molecule has 2 aromatic rings. The second-order valence-electron chi connectivity index (χ2n) is 5.28. The third kappa shape index (κ3) is 3.30. The maximum absolute atomic E-state index is 12.6. The molecule has 0 spiro atoms. The fraction of sp³-hybridized carbons (Fsp3) is 0.235. The van der Waals surface area contributed by atoms with Crippen LogP contribution < -0.4 is 4.90 Å². The van der Waals surface area contributed by atoms with E-state index in [1.807, 2.05) is 53.4 Å². The van der Waals surface area contributed by atoms with Gasteiger partial charge in [0, 0.05) is 27.6 Å². The van der Waals surface area contributed by atoms with Crippen molar-refractivity contribution in [1.29, 1.82) is 0 Å². The highest BCUT2D eigenvalue weighted by molar-refractivity contribution is 9.10. The lowest BCUT2D eigenvalue weighted by molar-refractivity contribution is -0.120. The molecule has 1 unspecified atom stereocenters. The minimum Gasteiger partial charge on any atom is -0.312 e. The number of halogens is 2. The largest absolute Gasteiger partial charge is 0.312 e. The van der Waals surface area contributed by atoms with Gasteiger partial charge in [0.25, 0.3) is 0 Å². The van der Waals surface area contributed by atoms with Gasteiger partial charge in [-0.1, -0.05) is 39.7 Å². The summed E-state index contributed by atoms with van der Waals surface area (Å²) in [5.74, 6) is 0.280. The molecular weight excluding hydrogens is 350 g/mol. The summed E-state index contributed by atoms with van der Waals surface area (Å²) < 4.78 is 1.02. The summed E-state index contributed by atoms with van der Waals surface area (Å²) in [6.45, 7) is 0.790. The van der Waals surface area contributed by atoms with Crippen molar-refractivity contribution in [3.63, 3.8) is 0 Å². The van der Waals surface area contributed by atoms with E-state index in [0.29, 0.717) is 0 Å². The van der Waals surface area contributed by atoms with Gasteiger partial charge in [0.2, 0.25) is 5.91 Å². The van der Waals surface area contributed by atoms with Gasteiger partial charge in [-0.15, -0.1) is 0 Å². The Balaban J connectivity index is 1.71. The molecule has 1 fully saturated rings. The normalized spacial score (nSPS) is 18.3. The predicted molar refractivity (Wildman–Crippen MR) is 89.8 cm³/mol. The van der Waals surface area contributed by atoms with Gasteiger partial charge in [0.1, 0.15) is 0 Å². The number of amides is 1. The van der Waals surface area contributed by atoms with Gasteiger partial charge in [-0.2, -0.15) is 0 Å². The van der Waals surface area contributed by atoms with Crippen molar-refractivity contribution >= 4 is 39.1 Å². The molecule has 21 heavy (non-hydrogen) atoms. The Labute approximate surface area is 137 Å². The van der Waals surface area contributed by atoms with Gasteiger partial charge in [-0.25, -0.2) is 0 Å². The van der Waals surface area contributed by atoms with E-state index >= 15 is 0 Å². The quantitative estimate of drug-likeness (QED) is 0.773. The van der Waals surface area contributed by atoms with Gasteiger partial charge < -0.3 is 4.90 Å². The van der Waals surface area contributed by atoms with Crippen LogP contribution in [-0.2, 0) is 11.2 Å². The molecule has 1 saturated heterocycles. The van der Waals surface area contributed by atoms with E-state index in [9.17, 15) is 4.79 Å². The highest BCUT2D eigenvalue weighted by atomic mass is 79.9. The molecule has 1 heterocycles. The van der Waals surface area contributed by atoms with Crippen molar-refractivity contribution in [2.24, 2.45) is 5.92 Å². The lowest BCUT2D eigenvalue weighted by atomic mass is 9.98. The Bertz CT molecular complexity index is 639. The van der Waals surface area contributed by atoms with E-state index < -0.39 is 0 Å². The standard InChI is InChI=1S/C17H15BrClNO/c18-14-3-7-16(8-4-14)20-10-9-13(17(20)21)11-12-1-5-15(19)6-2-12/h1-8,13H,9-11H2. The molecule has 2 nitrogen and oxygen atoms in total. The number of rotatable bonds is 3. The summed E-state index contributed by atoms with van der Waals surface area (Å²) in [6, 6.07) is 15.6. The lowest BCUT2D eigenvalue weighted by Gasteiger charge is -2.17. The van der Waals surface area contributed by atoms with Gasteiger partial charge in [0.05, 0.1) is 0 Å². The maximum atomic E-state index is 12.6. The van der Waals surface area contributed by atoms with E-state index in [4.69, 9.17) is 11.6 Å². The second kappa shape index (κ2) is 6.20. The lowest BCUT2D eigenvalue weighted by Crippen LogP contribution is -2.27.